The molecule has 7 heteroatoms. The second kappa shape index (κ2) is 14.9. The number of methoxy groups -OCH3 is 1. The van der Waals surface area contributed by atoms with E-state index in [0.29, 0.717) is 13.2 Å². The van der Waals surface area contributed by atoms with E-state index in [-0.39, 0.29) is 11.5 Å². The van der Waals surface area contributed by atoms with Gasteiger partial charge in [-0.2, -0.15) is 0 Å². The van der Waals surface area contributed by atoms with E-state index in [2.05, 4.69) is 28.6 Å². The minimum Gasteiger partial charge on any atom is -0.493 e. The van der Waals surface area contributed by atoms with Crippen LogP contribution in [0, 0.1) is 5.82 Å². The molecular formula is C33H38FN3O3. The Morgan fingerprint density at radius 1 is 1.00 bits per heavy atom. The van der Waals surface area contributed by atoms with E-state index < -0.39 is 5.82 Å². The minimum atomic E-state index is -0.497. The molecule has 0 fully saturated rings. The normalized spacial score (nSPS) is 10.9. The lowest BCUT2D eigenvalue weighted by Crippen LogP contribution is -2.25. The number of nitrogens with one attached hydrogen (secondary N) is 1. The lowest BCUT2D eigenvalue weighted by molar-refractivity contribution is 0.0949. The molecule has 1 amide bonds. The highest BCUT2D eigenvalue weighted by Crippen LogP contribution is 2.28. The Bertz CT molecular complexity index is 1420. The third kappa shape index (κ3) is 7.72. The molecule has 1 N–H and O–H groups in total. The van der Waals surface area contributed by atoms with Crippen LogP contribution in [0.4, 0.5) is 4.39 Å². The number of allylic oxidation sites excluding steroid dienone is 1. The van der Waals surface area contributed by atoms with Crippen molar-refractivity contribution < 1.29 is 18.7 Å². The van der Waals surface area contributed by atoms with Crippen molar-refractivity contribution in [3.8, 4) is 11.5 Å². The summed E-state index contributed by atoms with van der Waals surface area (Å²) < 4.78 is 27.6. The first-order chi connectivity index (χ1) is 19.6. The van der Waals surface area contributed by atoms with Crippen LogP contribution < -0.4 is 14.8 Å². The Balaban J connectivity index is 1.23. The number of aryl methyl sites for hydroxylation is 2. The van der Waals surface area contributed by atoms with Crippen LogP contribution in [0.25, 0.3) is 11.0 Å². The fourth-order valence-corrected chi connectivity index (χ4v) is 4.77. The van der Waals surface area contributed by atoms with Crippen LogP contribution in [0.3, 0.4) is 0 Å². The first-order valence-corrected chi connectivity index (χ1v) is 14.0. The second-order valence-electron chi connectivity index (χ2n) is 9.75. The molecule has 0 aliphatic rings. The fourth-order valence-electron chi connectivity index (χ4n) is 4.77. The van der Waals surface area contributed by atoms with Crippen molar-refractivity contribution >= 4 is 16.9 Å². The predicted octanol–water partition coefficient (Wildman–Crippen LogP) is 6.91. The van der Waals surface area contributed by atoms with Crippen molar-refractivity contribution in [2.45, 2.75) is 51.5 Å². The number of para-hydroxylation sites is 2. The molecule has 1 aromatic heterocycles. The van der Waals surface area contributed by atoms with Crippen molar-refractivity contribution in [3.05, 3.63) is 102 Å². The average Bonchev–Trinajstić information content (AvgIpc) is 3.32. The molecule has 1 heterocycles. The number of fused-ring (bicyclic) bond motifs is 1. The molecule has 0 unspecified atom stereocenters. The van der Waals surface area contributed by atoms with Gasteiger partial charge >= 0.3 is 0 Å². The van der Waals surface area contributed by atoms with Crippen molar-refractivity contribution in [3.63, 3.8) is 0 Å². The maximum Gasteiger partial charge on any atom is 0.254 e. The molecule has 0 saturated heterocycles. The van der Waals surface area contributed by atoms with Crippen molar-refractivity contribution in [2.24, 2.45) is 0 Å². The summed E-state index contributed by atoms with van der Waals surface area (Å²) in [4.78, 5) is 17.1. The van der Waals surface area contributed by atoms with Gasteiger partial charge in [-0.3, -0.25) is 4.79 Å². The SMILES string of the molecule is C=CCc1ccc(OCCCCn2c(CCCCCNC(=O)c3ccccc3F)nc3ccccc32)c(OC)c1. The predicted molar refractivity (Wildman–Crippen MR) is 158 cm³/mol. The average molecular weight is 544 g/mol. The van der Waals surface area contributed by atoms with Gasteiger partial charge in [-0.15, -0.1) is 6.58 Å². The fraction of sp³-hybridized carbons (Fsp3) is 0.333. The highest BCUT2D eigenvalue weighted by atomic mass is 19.1. The van der Waals surface area contributed by atoms with Crippen molar-refractivity contribution in [1.82, 2.24) is 14.9 Å². The van der Waals surface area contributed by atoms with Gasteiger partial charge in [-0.1, -0.05) is 42.8 Å². The van der Waals surface area contributed by atoms with E-state index in [1.165, 1.54) is 12.1 Å². The summed E-state index contributed by atoms with van der Waals surface area (Å²) in [5, 5.41) is 2.82. The van der Waals surface area contributed by atoms with E-state index in [1.807, 2.05) is 36.4 Å². The number of imidazole rings is 1. The summed E-state index contributed by atoms with van der Waals surface area (Å²) in [6.07, 6.45) is 8.14. The molecule has 6 nitrogen and oxygen atoms in total. The molecule has 0 saturated carbocycles. The summed E-state index contributed by atoms with van der Waals surface area (Å²) >= 11 is 0. The number of carbonyl (C=O) groups excluding carboxylic acids is 1. The molecule has 3 aromatic carbocycles. The zero-order chi connectivity index (χ0) is 28.2. The van der Waals surface area contributed by atoms with Crippen LogP contribution in [0.1, 0.15) is 53.8 Å². The molecule has 210 valence electrons. The first-order valence-electron chi connectivity index (χ1n) is 14.0. The summed E-state index contributed by atoms with van der Waals surface area (Å²) in [5.74, 6) is 1.72. The summed E-state index contributed by atoms with van der Waals surface area (Å²) in [6, 6.07) is 20.3. The van der Waals surface area contributed by atoms with Gasteiger partial charge in [0.1, 0.15) is 11.6 Å². The number of carbonyl (C=O) groups is 1. The standard InChI is InChI=1S/C33H38FN3O3/c1-3-13-25-19-20-30(31(24-25)39-2)40-23-12-11-22-37-29-17-9-8-16-28(29)36-32(37)18-5-4-10-21-35-33(38)26-14-6-7-15-27(26)34/h3,6-9,14-17,19-20,24H,1,4-5,10-13,18,21-23H2,2H3,(H,35,38). The van der Waals surface area contributed by atoms with Gasteiger partial charge in [0.25, 0.3) is 5.91 Å². The van der Waals surface area contributed by atoms with Crippen LogP contribution in [0.2, 0.25) is 0 Å². The molecule has 0 atom stereocenters. The maximum absolute atomic E-state index is 13.8. The number of halogens is 1. The van der Waals surface area contributed by atoms with E-state index in [4.69, 9.17) is 14.5 Å². The molecule has 4 rings (SSSR count). The van der Waals surface area contributed by atoms with Crippen LogP contribution in [0.5, 0.6) is 11.5 Å². The molecule has 0 bridgehead atoms. The van der Waals surface area contributed by atoms with E-state index in [1.54, 1.807) is 19.2 Å². The Morgan fingerprint density at radius 2 is 1.82 bits per heavy atom. The van der Waals surface area contributed by atoms with Gasteiger partial charge in [0.15, 0.2) is 11.5 Å². The number of unbranched alkanes of at least 4 members (excludes halogenated alkanes) is 3. The molecular weight excluding hydrogens is 505 g/mol. The molecule has 0 spiro atoms. The third-order valence-electron chi connectivity index (χ3n) is 6.86. The molecule has 0 aliphatic heterocycles. The monoisotopic (exact) mass is 543 g/mol. The number of amides is 1. The summed E-state index contributed by atoms with van der Waals surface area (Å²) in [5.41, 5.74) is 3.39. The van der Waals surface area contributed by atoms with Gasteiger partial charge in [-0.05, 0) is 74.1 Å². The number of hydrogen-bond donors (Lipinski definition) is 1. The Kier molecular flexibility index (Phi) is 10.7. The smallest absolute Gasteiger partial charge is 0.254 e. The Morgan fingerprint density at radius 3 is 2.65 bits per heavy atom. The number of benzene rings is 3. The molecule has 0 radical (unpaired) electrons. The van der Waals surface area contributed by atoms with Crippen molar-refractivity contribution in [1.29, 1.82) is 0 Å². The van der Waals surface area contributed by atoms with Gasteiger partial charge in [0.05, 0.1) is 30.3 Å². The van der Waals surface area contributed by atoms with E-state index >= 15 is 0 Å². The Labute approximate surface area is 235 Å². The topological polar surface area (TPSA) is 65.4 Å². The molecule has 0 aliphatic carbocycles. The quantitative estimate of drug-likeness (QED) is 0.123. The van der Waals surface area contributed by atoms with E-state index in [9.17, 15) is 9.18 Å². The number of ether oxygens (including phenoxy) is 2. The highest BCUT2D eigenvalue weighted by Gasteiger charge is 2.12. The van der Waals surface area contributed by atoms with Gasteiger partial charge in [-0.25, -0.2) is 9.37 Å². The zero-order valence-electron chi connectivity index (χ0n) is 23.2. The largest absolute Gasteiger partial charge is 0.493 e. The lowest BCUT2D eigenvalue weighted by atomic mass is 10.1. The number of rotatable bonds is 16. The summed E-state index contributed by atoms with van der Waals surface area (Å²) in [6.45, 7) is 5.79. The van der Waals surface area contributed by atoms with Crippen LogP contribution >= 0.6 is 0 Å². The Hall–Kier alpha value is -4.13. The third-order valence-corrected chi connectivity index (χ3v) is 6.86. The number of aromatic nitrogens is 2. The molecule has 4 aromatic rings. The zero-order valence-corrected chi connectivity index (χ0v) is 23.2. The van der Waals surface area contributed by atoms with Crippen LogP contribution in [-0.4, -0.2) is 35.7 Å². The minimum absolute atomic E-state index is 0.0854. The first kappa shape index (κ1) is 28.9. The van der Waals surface area contributed by atoms with Gasteiger partial charge in [0, 0.05) is 19.5 Å². The second-order valence-corrected chi connectivity index (χ2v) is 9.75. The highest BCUT2D eigenvalue weighted by molar-refractivity contribution is 5.94. The molecule has 40 heavy (non-hydrogen) atoms. The van der Waals surface area contributed by atoms with Crippen LogP contribution in [0.15, 0.2) is 79.4 Å². The number of hydrogen-bond acceptors (Lipinski definition) is 4. The number of nitrogens with zero attached hydrogens (tertiary/aromatic N) is 2. The van der Waals surface area contributed by atoms with Gasteiger partial charge < -0.3 is 19.4 Å². The summed E-state index contributed by atoms with van der Waals surface area (Å²) in [7, 11) is 1.66. The van der Waals surface area contributed by atoms with E-state index in [0.717, 1.165) is 85.4 Å². The van der Waals surface area contributed by atoms with Crippen LogP contribution in [-0.2, 0) is 19.4 Å². The van der Waals surface area contributed by atoms with Gasteiger partial charge in [0.2, 0.25) is 0 Å². The van der Waals surface area contributed by atoms with Crippen molar-refractivity contribution in [2.75, 3.05) is 20.3 Å². The maximum atomic E-state index is 13.8. The lowest BCUT2D eigenvalue weighted by Gasteiger charge is -2.13.